The van der Waals surface area contributed by atoms with Crippen LogP contribution >= 0.6 is 0 Å². The van der Waals surface area contributed by atoms with Crippen LogP contribution in [0.25, 0.3) is 11.3 Å². The Bertz CT molecular complexity index is 508. The molecule has 1 aromatic heterocycles. The normalized spacial score (nSPS) is 9.67. The lowest BCUT2D eigenvalue weighted by Crippen LogP contribution is -1.72. The van der Waals surface area contributed by atoms with Gasteiger partial charge in [0.1, 0.15) is 11.4 Å². The van der Waals surface area contributed by atoms with Crippen LogP contribution < -0.4 is 0 Å². The van der Waals surface area contributed by atoms with Gasteiger partial charge in [0.2, 0.25) is 6.08 Å². The Morgan fingerprint density at radius 3 is 2.67 bits per heavy atom. The molecular weight excluding hydrogens is 190 g/mol. The molecular formula is C12H9NO2. The number of hydrogen-bond acceptors (Lipinski definition) is 3. The van der Waals surface area contributed by atoms with Crippen LogP contribution in [-0.2, 0) is 4.79 Å². The molecule has 0 saturated carbocycles. The molecule has 0 unspecified atom stereocenters. The average Bonchev–Trinajstić information content (AvgIpc) is 2.62. The van der Waals surface area contributed by atoms with E-state index in [1.807, 2.05) is 37.3 Å². The van der Waals surface area contributed by atoms with E-state index in [1.54, 1.807) is 6.07 Å². The summed E-state index contributed by atoms with van der Waals surface area (Å²) in [5, 5.41) is 0. The van der Waals surface area contributed by atoms with Gasteiger partial charge in [-0.2, -0.15) is 4.99 Å². The Morgan fingerprint density at radius 1 is 1.27 bits per heavy atom. The molecule has 0 aliphatic carbocycles. The molecule has 0 aliphatic rings. The molecule has 15 heavy (non-hydrogen) atoms. The standard InChI is InChI=1S/C12H9NO2/c1-9-7-11(13-8-14)12(15-9)10-5-3-2-4-6-10/h2-7H,1H3. The minimum absolute atomic E-state index is 0.522. The molecule has 0 spiro atoms. The Balaban J connectivity index is 2.57. The Morgan fingerprint density at radius 2 is 2.00 bits per heavy atom. The number of nitrogens with zero attached hydrogens (tertiary/aromatic N) is 1. The van der Waals surface area contributed by atoms with Gasteiger partial charge in [0, 0.05) is 11.6 Å². The summed E-state index contributed by atoms with van der Waals surface area (Å²) in [7, 11) is 0. The summed E-state index contributed by atoms with van der Waals surface area (Å²) in [5.74, 6) is 1.33. The quantitative estimate of drug-likeness (QED) is 0.550. The summed E-state index contributed by atoms with van der Waals surface area (Å²) in [6.45, 7) is 1.82. The van der Waals surface area contributed by atoms with Crippen molar-refractivity contribution in [2.75, 3.05) is 0 Å². The smallest absolute Gasteiger partial charge is 0.240 e. The number of rotatable bonds is 2. The van der Waals surface area contributed by atoms with Crippen LogP contribution in [0.3, 0.4) is 0 Å². The van der Waals surface area contributed by atoms with Gasteiger partial charge in [-0.15, -0.1) is 0 Å². The lowest BCUT2D eigenvalue weighted by atomic mass is 10.1. The second-order valence-electron chi connectivity index (χ2n) is 3.14. The first-order chi connectivity index (χ1) is 7.31. The fourth-order valence-electron chi connectivity index (χ4n) is 1.43. The van der Waals surface area contributed by atoms with E-state index in [0.29, 0.717) is 11.4 Å². The average molecular weight is 199 g/mol. The van der Waals surface area contributed by atoms with Crippen molar-refractivity contribution < 1.29 is 9.21 Å². The molecule has 3 nitrogen and oxygen atoms in total. The molecule has 0 radical (unpaired) electrons. The van der Waals surface area contributed by atoms with Crippen LogP contribution in [0.1, 0.15) is 5.76 Å². The van der Waals surface area contributed by atoms with Gasteiger partial charge in [0.25, 0.3) is 0 Å². The Hall–Kier alpha value is -2.12. The van der Waals surface area contributed by atoms with Crippen LogP contribution in [0, 0.1) is 6.92 Å². The van der Waals surface area contributed by atoms with Crippen LogP contribution in [-0.4, -0.2) is 6.08 Å². The number of isocyanates is 1. The third-order valence-corrected chi connectivity index (χ3v) is 2.04. The van der Waals surface area contributed by atoms with Crippen molar-refractivity contribution in [3.8, 4) is 11.3 Å². The summed E-state index contributed by atoms with van der Waals surface area (Å²) in [4.78, 5) is 13.8. The number of hydrogen-bond donors (Lipinski definition) is 0. The zero-order valence-electron chi connectivity index (χ0n) is 8.23. The number of carbonyl (C=O) groups excluding carboxylic acids is 1. The van der Waals surface area contributed by atoms with Crippen LogP contribution in [0.2, 0.25) is 0 Å². The number of aryl methyl sites for hydroxylation is 1. The fraction of sp³-hybridized carbons (Fsp3) is 0.0833. The first kappa shape index (κ1) is 9.44. The number of aliphatic imine (C=N–C) groups is 1. The minimum Gasteiger partial charge on any atom is -0.459 e. The highest BCUT2D eigenvalue weighted by Gasteiger charge is 2.09. The van der Waals surface area contributed by atoms with Crippen LogP contribution in [0.4, 0.5) is 5.69 Å². The molecule has 0 aliphatic heterocycles. The highest BCUT2D eigenvalue weighted by atomic mass is 16.3. The van der Waals surface area contributed by atoms with Crippen molar-refractivity contribution in [3.63, 3.8) is 0 Å². The van der Waals surface area contributed by atoms with Crippen molar-refractivity contribution >= 4 is 11.8 Å². The van der Waals surface area contributed by atoms with E-state index < -0.39 is 0 Å². The van der Waals surface area contributed by atoms with E-state index >= 15 is 0 Å². The molecule has 0 saturated heterocycles. The molecule has 74 valence electrons. The highest BCUT2D eigenvalue weighted by Crippen LogP contribution is 2.32. The van der Waals surface area contributed by atoms with Crippen molar-refractivity contribution in [2.24, 2.45) is 4.99 Å². The van der Waals surface area contributed by atoms with Gasteiger partial charge < -0.3 is 4.42 Å². The molecule has 0 amide bonds. The van der Waals surface area contributed by atoms with Crippen molar-refractivity contribution in [1.29, 1.82) is 0 Å². The van der Waals surface area contributed by atoms with Crippen LogP contribution in [0.5, 0.6) is 0 Å². The summed E-state index contributed by atoms with van der Waals surface area (Å²) < 4.78 is 5.48. The van der Waals surface area contributed by atoms with E-state index in [0.717, 1.165) is 11.3 Å². The number of benzene rings is 1. The second-order valence-corrected chi connectivity index (χ2v) is 3.14. The molecule has 2 aromatic rings. The third-order valence-electron chi connectivity index (χ3n) is 2.04. The predicted octanol–water partition coefficient (Wildman–Crippen LogP) is 3.22. The van der Waals surface area contributed by atoms with Crippen molar-refractivity contribution in [1.82, 2.24) is 0 Å². The molecule has 0 bridgehead atoms. The van der Waals surface area contributed by atoms with Gasteiger partial charge in [-0.3, -0.25) is 0 Å². The summed E-state index contributed by atoms with van der Waals surface area (Å²) >= 11 is 0. The van der Waals surface area contributed by atoms with E-state index in [9.17, 15) is 4.79 Å². The summed E-state index contributed by atoms with van der Waals surface area (Å²) in [6, 6.07) is 11.3. The molecule has 1 aromatic carbocycles. The lowest BCUT2D eigenvalue weighted by molar-refractivity contribution is 0.548. The summed E-state index contributed by atoms with van der Waals surface area (Å²) in [5.41, 5.74) is 1.42. The zero-order valence-corrected chi connectivity index (χ0v) is 8.23. The maximum Gasteiger partial charge on any atom is 0.240 e. The second kappa shape index (κ2) is 3.95. The fourth-order valence-corrected chi connectivity index (χ4v) is 1.43. The van der Waals surface area contributed by atoms with Gasteiger partial charge in [0.15, 0.2) is 5.76 Å². The van der Waals surface area contributed by atoms with Gasteiger partial charge >= 0.3 is 0 Å². The molecule has 3 heteroatoms. The van der Waals surface area contributed by atoms with E-state index in [2.05, 4.69) is 4.99 Å². The lowest BCUT2D eigenvalue weighted by Gasteiger charge is -1.96. The largest absolute Gasteiger partial charge is 0.459 e. The SMILES string of the molecule is Cc1cc(N=C=O)c(-c2ccccc2)o1. The Labute approximate surface area is 87.1 Å². The first-order valence-electron chi connectivity index (χ1n) is 4.55. The monoisotopic (exact) mass is 199 g/mol. The topological polar surface area (TPSA) is 42.6 Å². The van der Waals surface area contributed by atoms with E-state index in [4.69, 9.17) is 4.42 Å². The van der Waals surface area contributed by atoms with Crippen molar-refractivity contribution in [2.45, 2.75) is 6.92 Å². The first-order valence-corrected chi connectivity index (χ1v) is 4.55. The summed E-state index contributed by atoms with van der Waals surface area (Å²) in [6.07, 6.45) is 1.52. The predicted molar refractivity (Wildman–Crippen MR) is 56.7 cm³/mol. The van der Waals surface area contributed by atoms with E-state index in [-0.39, 0.29) is 0 Å². The molecule has 0 N–H and O–H groups in total. The van der Waals surface area contributed by atoms with Gasteiger partial charge in [-0.25, -0.2) is 4.79 Å². The maximum atomic E-state index is 10.2. The minimum atomic E-state index is 0.522. The highest BCUT2D eigenvalue weighted by molar-refractivity contribution is 5.72. The van der Waals surface area contributed by atoms with E-state index in [1.165, 1.54) is 6.08 Å². The van der Waals surface area contributed by atoms with Gasteiger partial charge in [-0.05, 0) is 6.92 Å². The molecule has 2 rings (SSSR count). The van der Waals surface area contributed by atoms with Gasteiger partial charge in [-0.1, -0.05) is 30.3 Å². The van der Waals surface area contributed by atoms with Gasteiger partial charge in [0.05, 0.1) is 0 Å². The maximum absolute atomic E-state index is 10.2. The molecule has 0 fully saturated rings. The van der Waals surface area contributed by atoms with Crippen LogP contribution in [0.15, 0.2) is 45.8 Å². The third kappa shape index (κ3) is 1.87. The zero-order chi connectivity index (χ0) is 10.7. The number of furan rings is 1. The molecule has 1 heterocycles. The van der Waals surface area contributed by atoms with Crippen molar-refractivity contribution in [3.05, 3.63) is 42.2 Å². The molecule has 0 atom stereocenters. The Kier molecular flexibility index (Phi) is 2.48.